The summed E-state index contributed by atoms with van der Waals surface area (Å²) in [6.07, 6.45) is 4.46. The summed E-state index contributed by atoms with van der Waals surface area (Å²) in [5, 5.41) is 13.1. The van der Waals surface area contributed by atoms with E-state index < -0.39 is 23.8 Å². The molecule has 0 saturated heterocycles. The van der Waals surface area contributed by atoms with Crippen LogP contribution in [0.4, 0.5) is 8.78 Å². The number of carbonyl (C=O) groups is 2. The molecular weight excluding hydrogens is 468 g/mol. The molecule has 0 aliphatic heterocycles. The van der Waals surface area contributed by atoms with Gasteiger partial charge in [0.1, 0.15) is 29.9 Å². The van der Waals surface area contributed by atoms with E-state index in [2.05, 4.69) is 20.6 Å². The number of allylic oxidation sites excluding steroid dienone is 1. The van der Waals surface area contributed by atoms with Crippen LogP contribution < -0.4 is 16.4 Å². The molecule has 5 N–H and O–H groups in total. The summed E-state index contributed by atoms with van der Waals surface area (Å²) in [6, 6.07) is 5.90. The van der Waals surface area contributed by atoms with Gasteiger partial charge in [-0.3, -0.25) is 9.59 Å². The zero-order valence-corrected chi connectivity index (χ0v) is 19.7. The average molecular weight is 496 g/mol. The van der Waals surface area contributed by atoms with Crippen LogP contribution in [0.1, 0.15) is 52.6 Å². The molecule has 11 heteroatoms. The smallest absolute Gasteiger partial charge is 0.272 e. The summed E-state index contributed by atoms with van der Waals surface area (Å²) in [5.74, 6) is -1.35. The SMILES string of the molecule is CN/C=C(\C=N)c1cc(F)cc(CNC(=O)c2nccc3nc(C4CCC(F)C4)n(CC(N)=O)c23)c1. The Labute approximate surface area is 206 Å². The number of benzene rings is 1. The van der Waals surface area contributed by atoms with Gasteiger partial charge in [0.25, 0.3) is 5.91 Å². The van der Waals surface area contributed by atoms with E-state index in [1.165, 1.54) is 18.3 Å². The number of carbonyl (C=O) groups excluding carboxylic acids is 2. The van der Waals surface area contributed by atoms with E-state index in [4.69, 9.17) is 11.1 Å². The van der Waals surface area contributed by atoms with Crippen LogP contribution in [0.5, 0.6) is 0 Å². The number of aromatic nitrogens is 3. The van der Waals surface area contributed by atoms with Crippen molar-refractivity contribution in [3.05, 3.63) is 65.1 Å². The lowest BCUT2D eigenvalue weighted by atomic mass is 10.0. The molecular formula is C25H27F2N7O2. The first-order chi connectivity index (χ1) is 17.3. The number of hydrogen-bond donors (Lipinski definition) is 4. The molecule has 2 unspecified atom stereocenters. The minimum atomic E-state index is -0.940. The summed E-state index contributed by atoms with van der Waals surface area (Å²) in [7, 11) is 1.68. The van der Waals surface area contributed by atoms with E-state index in [1.54, 1.807) is 29.9 Å². The molecule has 188 valence electrons. The van der Waals surface area contributed by atoms with Gasteiger partial charge >= 0.3 is 0 Å². The molecule has 36 heavy (non-hydrogen) atoms. The minimum Gasteiger partial charge on any atom is -0.393 e. The molecule has 0 bridgehead atoms. The number of hydrogen-bond acceptors (Lipinski definition) is 6. The summed E-state index contributed by atoms with van der Waals surface area (Å²) in [6.45, 7) is -0.224. The highest BCUT2D eigenvalue weighted by molar-refractivity contribution is 6.08. The normalized spacial score (nSPS) is 17.8. The molecule has 0 spiro atoms. The number of nitrogens with one attached hydrogen (secondary N) is 3. The Morgan fingerprint density at radius 1 is 1.31 bits per heavy atom. The molecule has 2 aromatic heterocycles. The average Bonchev–Trinajstić information content (AvgIpc) is 3.43. The fourth-order valence-corrected chi connectivity index (χ4v) is 4.60. The highest BCUT2D eigenvalue weighted by Crippen LogP contribution is 2.37. The Bertz CT molecular complexity index is 1350. The number of nitrogens with zero attached hydrogens (tertiary/aromatic N) is 3. The van der Waals surface area contributed by atoms with Crippen molar-refractivity contribution in [1.29, 1.82) is 5.41 Å². The number of imidazole rings is 1. The molecule has 1 aliphatic carbocycles. The topological polar surface area (TPSA) is 139 Å². The lowest BCUT2D eigenvalue weighted by molar-refractivity contribution is -0.118. The first-order valence-corrected chi connectivity index (χ1v) is 11.5. The number of pyridine rings is 1. The largest absolute Gasteiger partial charge is 0.393 e. The summed E-state index contributed by atoms with van der Waals surface area (Å²) in [5.41, 5.74) is 7.75. The van der Waals surface area contributed by atoms with Gasteiger partial charge < -0.3 is 26.3 Å². The van der Waals surface area contributed by atoms with Gasteiger partial charge in [0, 0.05) is 43.7 Å². The summed E-state index contributed by atoms with van der Waals surface area (Å²) in [4.78, 5) is 33.8. The van der Waals surface area contributed by atoms with E-state index >= 15 is 0 Å². The first-order valence-electron chi connectivity index (χ1n) is 11.5. The molecule has 3 aromatic rings. The number of nitrogens with two attached hydrogens (primary N) is 1. The second kappa shape index (κ2) is 10.6. The van der Waals surface area contributed by atoms with Crippen LogP contribution in [0.3, 0.4) is 0 Å². The molecule has 4 rings (SSSR count). The Morgan fingerprint density at radius 3 is 2.78 bits per heavy atom. The molecule has 0 radical (unpaired) electrons. The molecule has 1 saturated carbocycles. The lowest BCUT2D eigenvalue weighted by Crippen LogP contribution is -2.26. The fourth-order valence-electron chi connectivity index (χ4n) is 4.60. The van der Waals surface area contributed by atoms with Crippen molar-refractivity contribution in [3.8, 4) is 0 Å². The van der Waals surface area contributed by atoms with Crippen LogP contribution in [0.2, 0.25) is 0 Å². The molecule has 1 fully saturated rings. The van der Waals surface area contributed by atoms with Crippen molar-refractivity contribution in [2.45, 2.75) is 44.4 Å². The molecule has 2 heterocycles. The molecule has 1 aliphatic rings. The van der Waals surface area contributed by atoms with Crippen LogP contribution >= 0.6 is 0 Å². The fraction of sp³-hybridized carbons (Fsp3) is 0.320. The van der Waals surface area contributed by atoms with E-state index in [0.29, 0.717) is 52.8 Å². The number of fused-ring (bicyclic) bond motifs is 1. The number of amides is 2. The third kappa shape index (κ3) is 5.24. The van der Waals surface area contributed by atoms with Gasteiger partial charge in [0.2, 0.25) is 5.91 Å². The van der Waals surface area contributed by atoms with Crippen LogP contribution in [-0.4, -0.2) is 45.8 Å². The number of alkyl halides is 1. The van der Waals surface area contributed by atoms with E-state index in [1.807, 2.05) is 0 Å². The Hall–Kier alpha value is -4.15. The van der Waals surface area contributed by atoms with Crippen LogP contribution in [0.25, 0.3) is 16.6 Å². The second-order valence-electron chi connectivity index (χ2n) is 8.72. The van der Waals surface area contributed by atoms with Crippen molar-refractivity contribution in [3.63, 3.8) is 0 Å². The maximum Gasteiger partial charge on any atom is 0.272 e. The Morgan fingerprint density at radius 2 is 2.11 bits per heavy atom. The maximum absolute atomic E-state index is 14.2. The second-order valence-corrected chi connectivity index (χ2v) is 8.72. The quantitative estimate of drug-likeness (QED) is 0.338. The third-order valence-electron chi connectivity index (χ3n) is 6.15. The predicted molar refractivity (Wildman–Crippen MR) is 132 cm³/mol. The van der Waals surface area contributed by atoms with Crippen molar-refractivity contribution in [2.24, 2.45) is 5.73 Å². The van der Waals surface area contributed by atoms with Gasteiger partial charge in [0.15, 0.2) is 5.69 Å². The summed E-state index contributed by atoms with van der Waals surface area (Å²) >= 11 is 0. The monoisotopic (exact) mass is 495 g/mol. The van der Waals surface area contributed by atoms with E-state index in [-0.39, 0.29) is 24.7 Å². The maximum atomic E-state index is 14.2. The first kappa shape index (κ1) is 25.0. The number of rotatable bonds is 9. The van der Waals surface area contributed by atoms with Gasteiger partial charge in [-0.1, -0.05) is 0 Å². The molecule has 2 atom stereocenters. The zero-order valence-electron chi connectivity index (χ0n) is 19.7. The molecule has 1 aromatic carbocycles. The van der Waals surface area contributed by atoms with E-state index in [9.17, 15) is 18.4 Å². The molecule has 9 nitrogen and oxygen atoms in total. The van der Waals surface area contributed by atoms with Crippen molar-refractivity contribution >= 4 is 34.6 Å². The van der Waals surface area contributed by atoms with Crippen LogP contribution in [-0.2, 0) is 17.9 Å². The van der Waals surface area contributed by atoms with Gasteiger partial charge in [-0.2, -0.15) is 0 Å². The third-order valence-corrected chi connectivity index (χ3v) is 6.15. The van der Waals surface area contributed by atoms with E-state index in [0.717, 1.165) is 6.21 Å². The lowest BCUT2D eigenvalue weighted by Gasteiger charge is -2.13. The highest BCUT2D eigenvalue weighted by atomic mass is 19.1. The van der Waals surface area contributed by atoms with Crippen molar-refractivity contribution in [2.75, 3.05) is 7.05 Å². The van der Waals surface area contributed by atoms with Crippen molar-refractivity contribution in [1.82, 2.24) is 25.2 Å². The predicted octanol–water partition coefficient (Wildman–Crippen LogP) is 2.80. The Balaban J connectivity index is 1.65. The zero-order chi connectivity index (χ0) is 25.8. The van der Waals surface area contributed by atoms with Gasteiger partial charge in [-0.25, -0.2) is 18.7 Å². The number of halogens is 2. The minimum absolute atomic E-state index is 0.00450. The Kier molecular flexibility index (Phi) is 7.37. The summed E-state index contributed by atoms with van der Waals surface area (Å²) < 4.78 is 29.7. The van der Waals surface area contributed by atoms with Gasteiger partial charge in [-0.15, -0.1) is 0 Å². The van der Waals surface area contributed by atoms with Crippen LogP contribution in [0.15, 0.2) is 36.7 Å². The standard InChI is InChI=1S/C25H27F2N7O2/c1-30-12-17(10-28)16-6-14(7-19(27)9-16)11-32-25(36)22-23-20(4-5-31-22)33-24(34(23)13-21(29)35)15-2-3-18(26)8-15/h4-7,9-10,12,15,18,28,30H,2-3,8,11,13H2,1H3,(H2,29,35)(H,32,36)/b17-12+,28-10?. The highest BCUT2D eigenvalue weighted by Gasteiger charge is 2.31. The molecule has 2 amide bonds. The van der Waals surface area contributed by atoms with Gasteiger partial charge in [-0.05, 0) is 54.7 Å². The van der Waals surface area contributed by atoms with Crippen LogP contribution in [0, 0.1) is 11.2 Å². The van der Waals surface area contributed by atoms with Gasteiger partial charge in [0.05, 0.1) is 5.52 Å². The van der Waals surface area contributed by atoms with Crippen molar-refractivity contribution < 1.29 is 18.4 Å². The number of primary amides is 1.